The normalized spacial score (nSPS) is 19.0. The molecule has 5 heteroatoms. The van der Waals surface area contributed by atoms with Crippen molar-refractivity contribution in [2.24, 2.45) is 5.92 Å². The first kappa shape index (κ1) is 21.3. The van der Waals surface area contributed by atoms with Crippen LogP contribution in [0.2, 0.25) is 0 Å². The molecule has 2 aromatic carbocycles. The Morgan fingerprint density at radius 3 is 2.45 bits per heavy atom. The van der Waals surface area contributed by atoms with Crippen LogP contribution in [-0.4, -0.2) is 13.2 Å². The van der Waals surface area contributed by atoms with E-state index in [9.17, 15) is 13.2 Å². The molecule has 0 radical (unpaired) electrons. The molecule has 0 unspecified atom stereocenters. The molecule has 1 fully saturated rings. The molecule has 0 bridgehead atoms. The second-order valence-electron chi connectivity index (χ2n) is 7.65. The van der Waals surface area contributed by atoms with Gasteiger partial charge in [0.05, 0.1) is 13.2 Å². The van der Waals surface area contributed by atoms with Crippen molar-refractivity contribution in [1.82, 2.24) is 0 Å². The van der Waals surface area contributed by atoms with E-state index in [1.165, 1.54) is 12.1 Å². The van der Waals surface area contributed by atoms with Gasteiger partial charge in [0.25, 0.3) is 0 Å². The average Bonchev–Trinajstić information content (AvgIpc) is 2.73. The van der Waals surface area contributed by atoms with Gasteiger partial charge < -0.3 is 9.47 Å². The van der Waals surface area contributed by atoms with Gasteiger partial charge in [-0.1, -0.05) is 18.2 Å². The summed E-state index contributed by atoms with van der Waals surface area (Å²) in [6, 6.07) is 8.01. The topological polar surface area (TPSA) is 18.5 Å². The third kappa shape index (κ3) is 5.34. The molecule has 1 saturated carbocycles. The van der Waals surface area contributed by atoms with Crippen molar-refractivity contribution >= 4 is 0 Å². The molecule has 0 saturated heterocycles. The minimum atomic E-state index is -0.918. The lowest BCUT2D eigenvalue weighted by Gasteiger charge is -2.29. The fourth-order valence-corrected chi connectivity index (χ4v) is 3.74. The zero-order valence-corrected chi connectivity index (χ0v) is 16.7. The smallest absolute Gasteiger partial charge is 0.200 e. The van der Waals surface area contributed by atoms with Crippen LogP contribution in [0.1, 0.15) is 49.1 Å². The summed E-state index contributed by atoms with van der Waals surface area (Å²) < 4.78 is 53.5. The number of benzene rings is 2. The molecule has 0 amide bonds. The van der Waals surface area contributed by atoms with E-state index in [2.05, 4.69) is 6.58 Å². The highest BCUT2D eigenvalue weighted by Gasteiger charge is 2.27. The first-order valence-corrected chi connectivity index (χ1v) is 10.1. The molecule has 0 aromatic heterocycles. The Hall–Kier alpha value is -2.43. The van der Waals surface area contributed by atoms with E-state index in [4.69, 9.17) is 9.47 Å². The zero-order chi connectivity index (χ0) is 20.8. The molecule has 0 N–H and O–H groups in total. The van der Waals surface area contributed by atoms with Crippen molar-refractivity contribution in [3.8, 4) is 11.5 Å². The highest BCUT2D eigenvalue weighted by Crippen LogP contribution is 2.38. The summed E-state index contributed by atoms with van der Waals surface area (Å²) in [5.41, 5.74) is 1.00. The number of hydrogen-bond donors (Lipinski definition) is 0. The van der Waals surface area contributed by atoms with Crippen molar-refractivity contribution in [2.45, 2.75) is 44.9 Å². The third-order valence-electron chi connectivity index (χ3n) is 5.57. The van der Waals surface area contributed by atoms with E-state index in [1.54, 1.807) is 31.2 Å². The van der Waals surface area contributed by atoms with E-state index in [0.29, 0.717) is 35.8 Å². The van der Waals surface area contributed by atoms with Gasteiger partial charge in [0, 0.05) is 6.07 Å². The molecular weight excluding hydrogens is 377 g/mol. The number of ether oxygens (including phenoxy) is 2. The lowest BCUT2D eigenvalue weighted by molar-refractivity contribution is 0.198. The molecule has 2 nitrogen and oxygen atoms in total. The third-order valence-corrected chi connectivity index (χ3v) is 5.57. The monoisotopic (exact) mass is 404 g/mol. The van der Waals surface area contributed by atoms with E-state index in [0.717, 1.165) is 25.7 Å². The fraction of sp³-hybridized carbons (Fsp3) is 0.417. The zero-order valence-electron chi connectivity index (χ0n) is 16.7. The Bertz CT molecular complexity index is 842. The number of halogens is 3. The highest BCUT2D eigenvalue weighted by atomic mass is 19.2. The molecule has 156 valence electrons. The standard InChI is InChI=1S/C24H27F3O2/c1-3-4-13-28-22-12-11-20(23(26)24(22)27)18-8-6-17(7-9-18)15-29-19-10-5-16(2)21(25)14-19/h3,5,10-12,14,17-18H,1,4,6-9,13,15H2,2H3. The molecule has 0 aliphatic heterocycles. The van der Waals surface area contributed by atoms with Gasteiger partial charge in [-0.25, -0.2) is 8.78 Å². The van der Waals surface area contributed by atoms with Gasteiger partial charge in [-0.3, -0.25) is 0 Å². The van der Waals surface area contributed by atoms with Crippen LogP contribution in [0.4, 0.5) is 13.2 Å². The lowest BCUT2D eigenvalue weighted by Crippen LogP contribution is -2.20. The Kier molecular flexibility index (Phi) is 7.24. The largest absolute Gasteiger partial charge is 0.493 e. The predicted molar refractivity (Wildman–Crippen MR) is 108 cm³/mol. The van der Waals surface area contributed by atoms with Gasteiger partial charge in [-0.2, -0.15) is 4.39 Å². The van der Waals surface area contributed by atoms with E-state index in [-0.39, 0.29) is 24.1 Å². The SMILES string of the molecule is C=CCCOc1ccc(C2CCC(COc3ccc(C)c(F)c3)CC2)c(F)c1F. The molecule has 0 heterocycles. The van der Waals surface area contributed by atoms with E-state index in [1.807, 2.05) is 0 Å². The molecule has 0 spiro atoms. The van der Waals surface area contributed by atoms with Crippen LogP contribution in [0.3, 0.4) is 0 Å². The maximum absolute atomic E-state index is 14.6. The van der Waals surface area contributed by atoms with Gasteiger partial charge in [-0.15, -0.1) is 6.58 Å². The Morgan fingerprint density at radius 2 is 1.76 bits per heavy atom. The maximum atomic E-state index is 14.6. The number of rotatable bonds is 8. The highest BCUT2D eigenvalue weighted by molar-refractivity contribution is 5.33. The van der Waals surface area contributed by atoms with Crippen LogP contribution in [0.5, 0.6) is 11.5 Å². The van der Waals surface area contributed by atoms with Crippen LogP contribution in [0.25, 0.3) is 0 Å². The predicted octanol–water partition coefficient (Wildman–Crippen LogP) is 6.72. The van der Waals surface area contributed by atoms with Crippen molar-refractivity contribution in [3.63, 3.8) is 0 Å². The van der Waals surface area contributed by atoms with E-state index >= 15 is 0 Å². The van der Waals surface area contributed by atoms with Crippen LogP contribution < -0.4 is 9.47 Å². The Balaban J connectivity index is 1.54. The molecule has 3 rings (SSSR count). The molecule has 1 aliphatic carbocycles. The molecule has 0 atom stereocenters. The van der Waals surface area contributed by atoms with Gasteiger partial charge in [-0.05, 0) is 74.1 Å². The van der Waals surface area contributed by atoms with E-state index < -0.39 is 11.6 Å². The maximum Gasteiger partial charge on any atom is 0.200 e. The molecule has 29 heavy (non-hydrogen) atoms. The fourth-order valence-electron chi connectivity index (χ4n) is 3.74. The van der Waals surface area contributed by atoms with Gasteiger partial charge in [0.15, 0.2) is 11.6 Å². The first-order chi connectivity index (χ1) is 14.0. The molecule has 2 aromatic rings. The summed E-state index contributed by atoms with van der Waals surface area (Å²) in [5.74, 6) is -1.23. The molecular formula is C24H27F3O2. The van der Waals surface area contributed by atoms with Gasteiger partial charge in [0.1, 0.15) is 11.6 Å². The van der Waals surface area contributed by atoms with Crippen molar-refractivity contribution in [2.75, 3.05) is 13.2 Å². The summed E-state index contributed by atoms with van der Waals surface area (Å²) >= 11 is 0. The van der Waals surface area contributed by atoms with Gasteiger partial charge in [0.2, 0.25) is 5.82 Å². The molecule has 1 aliphatic rings. The summed E-state index contributed by atoms with van der Waals surface area (Å²) in [5, 5.41) is 0. The minimum absolute atomic E-state index is 0.0141. The van der Waals surface area contributed by atoms with Crippen LogP contribution in [0, 0.1) is 30.3 Å². The summed E-state index contributed by atoms with van der Waals surface area (Å²) in [4.78, 5) is 0. The number of hydrogen-bond acceptors (Lipinski definition) is 2. The van der Waals surface area contributed by atoms with Gasteiger partial charge >= 0.3 is 0 Å². The summed E-state index contributed by atoms with van der Waals surface area (Å²) in [6.45, 7) is 6.06. The van der Waals surface area contributed by atoms with Crippen LogP contribution in [-0.2, 0) is 0 Å². The van der Waals surface area contributed by atoms with Crippen molar-refractivity contribution in [3.05, 3.63) is 71.6 Å². The van der Waals surface area contributed by atoms with Crippen molar-refractivity contribution in [1.29, 1.82) is 0 Å². The lowest BCUT2D eigenvalue weighted by atomic mass is 9.79. The quantitative estimate of drug-likeness (QED) is 0.359. The average molecular weight is 404 g/mol. The Labute approximate surface area is 170 Å². The summed E-state index contributed by atoms with van der Waals surface area (Å²) in [6.07, 6.45) is 5.49. The van der Waals surface area contributed by atoms with Crippen molar-refractivity contribution < 1.29 is 22.6 Å². The van der Waals surface area contributed by atoms with Crippen LogP contribution in [0.15, 0.2) is 43.0 Å². The number of aryl methyl sites for hydroxylation is 1. The second-order valence-corrected chi connectivity index (χ2v) is 7.65. The van der Waals surface area contributed by atoms with Crippen LogP contribution >= 0.6 is 0 Å². The Morgan fingerprint density at radius 1 is 1.00 bits per heavy atom. The first-order valence-electron chi connectivity index (χ1n) is 10.1. The summed E-state index contributed by atoms with van der Waals surface area (Å²) in [7, 11) is 0. The minimum Gasteiger partial charge on any atom is -0.493 e. The second kappa shape index (κ2) is 9.86.